The van der Waals surface area contributed by atoms with Crippen LogP contribution in [0.4, 0.5) is 0 Å². The van der Waals surface area contributed by atoms with Crippen LogP contribution in [0.1, 0.15) is 92.7 Å². The highest BCUT2D eigenvalue weighted by atomic mass is 14.3. The second-order valence-electron chi connectivity index (χ2n) is 7.08. The van der Waals surface area contributed by atoms with Gasteiger partial charge in [0.2, 0.25) is 0 Å². The highest BCUT2D eigenvalue weighted by Crippen LogP contribution is 2.42. The molecule has 0 aromatic heterocycles. The number of allylic oxidation sites excluding steroid dienone is 1. The van der Waals surface area contributed by atoms with Crippen molar-refractivity contribution in [3.63, 3.8) is 0 Å². The zero-order valence-electron chi connectivity index (χ0n) is 13.4. The zero-order chi connectivity index (χ0) is 14.5. The van der Waals surface area contributed by atoms with Gasteiger partial charge in [0.1, 0.15) is 0 Å². The first-order valence-electron chi connectivity index (χ1n) is 9.12. The van der Waals surface area contributed by atoms with E-state index in [1.54, 1.807) is 16.7 Å². The minimum atomic E-state index is 0.826. The maximum absolute atomic E-state index is 3.98. The molecular weight excluding hydrogens is 252 g/mol. The van der Waals surface area contributed by atoms with Gasteiger partial charge in [-0.1, -0.05) is 62.8 Å². The van der Waals surface area contributed by atoms with E-state index in [0.29, 0.717) is 0 Å². The first kappa shape index (κ1) is 14.9. The monoisotopic (exact) mass is 282 g/mol. The van der Waals surface area contributed by atoms with E-state index in [1.165, 1.54) is 64.2 Å². The molecule has 114 valence electrons. The molecule has 2 saturated carbocycles. The third-order valence-corrected chi connectivity index (χ3v) is 5.65. The summed E-state index contributed by atoms with van der Waals surface area (Å²) in [5.74, 6) is 1.66. The minimum Gasteiger partial charge on any atom is -0.103 e. The van der Waals surface area contributed by atoms with E-state index in [-0.39, 0.29) is 0 Å². The predicted octanol–water partition coefficient (Wildman–Crippen LogP) is 6.51. The molecule has 0 heteroatoms. The fourth-order valence-corrected chi connectivity index (χ4v) is 4.63. The highest BCUT2D eigenvalue weighted by molar-refractivity contribution is 5.41. The molecule has 0 bridgehead atoms. The van der Waals surface area contributed by atoms with Gasteiger partial charge in [0.15, 0.2) is 0 Å². The van der Waals surface area contributed by atoms with Crippen LogP contribution < -0.4 is 0 Å². The molecule has 0 atom stereocenters. The number of hydrogen-bond donors (Lipinski definition) is 0. The van der Waals surface area contributed by atoms with Gasteiger partial charge in [-0.3, -0.25) is 0 Å². The van der Waals surface area contributed by atoms with Crippen molar-refractivity contribution in [2.24, 2.45) is 0 Å². The van der Waals surface area contributed by atoms with E-state index in [0.717, 1.165) is 18.3 Å². The van der Waals surface area contributed by atoms with Crippen molar-refractivity contribution in [3.8, 4) is 0 Å². The smallest absolute Gasteiger partial charge is 0.00972 e. The Bertz CT molecular complexity index is 459. The van der Waals surface area contributed by atoms with Crippen molar-refractivity contribution < 1.29 is 0 Å². The average molecular weight is 282 g/mol. The quantitative estimate of drug-likeness (QED) is 0.552. The summed E-state index contributed by atoms with van der Waals surface area (Å²) in [4.78, 5) is 0. The Morgan fingerprint density at radius 3 is 2.10 bits per heavy atom. The Morgan fingerprint density at radius 1 is 0.857 bits per heavy atom. The van der Waals surface area contributed by atoms with E-state index < -0.39 is 0 Å². The molecule has 2 aliphatic rings. The van der Waals surface area contributed by atoms with Crippen molar-refractivity contribution in [3.05, 3.63) is 47.5 Å². The van der Waals surface area contributed by atoms with Gasteiger partial charge in [0.25, 0.3) is 0 Å². The number of rotatable bonds is 4. The molecule has 0 unspecified atom stereocenters. The minimum absolute atomic E-state index is 0.826. The third-order valence-electron chi connectivity index (χ3n) is 5.65. The highest BCUT2D eigenvalue weighted by Gasteiger charge is 2.25. The topological polar surface area (TPSA) is 0 Å². The van der Waals surface area contributed by atoms with Crippen molar-refractivity contribution in [2.45, 2.75) is 82.5 Å². The molecule has 21 heavy (non-hydrogen) atoms. The fourth-order valence-electron chi connectivity index (χ4n) is 4.63. The van der Waals surface area contributed by atoms with Crippen LogP contribution in [-0.4, -0.2) is 0 Å². The lowest BCUT2D eigenvalue weighted by molar-refractivity contribution is 0.417. The van der Waals surface area contributed by atoms with Crippen molar-refractivity contribution in [1.29, 1.82) is 0 Å². The lowest BCUT2D eigenvalue weighted by Crippen LogP contribution is -2.14. The Morgan fingerprint density at radius 2 is 1.48 bits per heavy atom. The van der Waals surface area contributed by atoms with Crippen LogP contribution in [0.15, 0.2) is 30.9 Å². The van der Waals surface area contributed by atoms with E-state index in [4.69, 9.17) is 0 Å². The lowest BCUT2D eigenvalue weighted by Gasteiger charge is -2.31. The van der Waals surface area contributed by atoms with Gasteiger partial charge in [-0.05, 0) is 60.6 Å². The van der Waals surface area contributed by atoms with Gasteiger partial charge < -0.3 is 0 Å². The normalized spacial score (nSPS) is 21.3. The first-order chi connectivity index (χ1) is 10.4. The van der Waals surface area contributed by atoms with Crippen LogP contribution in [0, 0.1) is 0 Å². The van der Waals surface area contributed by atoms with Crippen LogP contribution in [0.3, 0.4) is 0 Å². The van der Waals surface area contributed by atoms with E-state index in [2.05, 4.69) is 30.9 Å². The molecule has 0 amide bonds. The molecule has 2 fully saturated rings. The summed E-state index contributed by atoms with van der Waals surface area (Å²) in [5.41, 5.74) is 5.02. The van der Waals surface area contributed by atoms with Crippen molar-refractivity contribution >= 4 is 0 Å². The van der Waals surface area contributed by atoms with Gasteiger partial charge in [0.05, 0.1) is 0 Å². The van der Waals surface area contributed by atoms with Crippen molar-refractivity contribution in [2.75, 3.05) is 0 Å². The maximum Gasteiger partial charge on any atom is -0.00972 e. The Hall–Kier alpha value is -1.04. The van der Waals surface area contributed by atoms with Gasteiger partial charge in [0, 0.05) is 0 Å². The molecule has 2 aliphatic carbocycles. The summed E-state index contributed by atoms with van der Waals surface area (Å²) in [7, 11) is 0. The van der Waals surface area contributed by atoms with Gasteiger partial charge in [-0.25, -0.2) is 0 Å². The van der Waals surface area contributed by atoms with Crippen LogP contribution in [0.25, 0.3) is 0 Å². The summed E-state index contributed by atoms with van der Waals surface area (Å²) in [6.45, 7) is 3.98. The fraction of sp³-hybridized carbons (Fsp3) is 0.619. The molecule has 1 aromatic rings. The van der Waals surface area contributed by atoms with E-state index in [9.17, 15) is 0 Å². The summed E-state index contributed by atoms with van der Waals surface area (Å²) in [6, 6.07) is 7.11. The van der Waals surface area contributed by atoms with Gasteiger partial charge in [-0.15, -0.1) is 6.58 Å². The molecule has 0 spiro atoms. The number of benzene rings is 1. The van der Waals surface area contributed by atoms with Crippen LogP contribution in [0.2, 0.25) is 0 Å². The summed E-state index contributed by atoms with van der Waals surface area (Å²) < 4.78 is 0. The number of hydrogen-bond acceptors (Lipinski definition) is 0. The van der Waals surface area contributed by atoms with Crippen LogP contribution >= 0.6 is 0 Å². The molecular formula is C21H30. The summed E-state index contributed by atoms with van der Waals surface area (Å²) in [5, 5.41) is 0. The molecule has 0 aliphatic heterocycles. The predicted molar refractivity (Wildman–Crippen MR) is 92.0 cm³/mol. The molecule has 3 rings (SSSR count). The standard InChI is InChI=1S/C21H30/c1-2-10-18-15-9-16-20(17-11-5-3-6-12-17)21(18)19-13-7-4-8-14-19/h2,9,15-17,19H,1,3-8,10-14H2. The van der Waals surface area contributed by atoms with E-state index >= 15 is 0 Å². The third kappa shape index (κ3) is 3.42. The second-order valence-corrected chi connectivity index (χ2v) is 7.08. The SMILES string of the molecule is C=CCc1cccc(C2CCCCC2)c1C1CCCCC1. The van der Waals surface area contributed by atoms with E-state index in [1.807, 2.05) is 0 Å². The molecule has 0 saturated heterocycles. The van der Waals surface area contributed by atoms with Gasteiger partial charge >= 0.3 is 0 Å². The zero-order valence-corrected chi connectivity index (χ0v) is 13.4. The van der Waals surface area contributed by atoms with Crippen LogP contribution in [0.5, 0.6) is 0 Å². The largest absolute Gasteiger partial charge is 0.103 e. The molecule has 0 nitrogen and oxygen atoms in total. The maximum atomic E-state index is 3.98. The first-order valence-corrected chi connectivity index (χ1v) is 9.12. The summed E-state index contributed by atoms with van der Waals surface area (Å²) in [6.07, 6.45) is 17.4. The molecule has 0 N–H and O–H groups in total. The molecule has 0 radical (unpaired) electrons. The molecule has 1 aromatic carbocycles. The Balaban J connectivity index is 1.96. The second kappa shape index (κ2) is 7.29. The lowest BCUT2D eigenvalue weighted by atomic mass is 9.74. The van der Waals surface area contributed by atoms with Crippen molar-refractivity contribution in [1.82, 2.24) is 0 Å². The van der Waals surface area contributed by atoms with Gasteiger partial charge in [-0.2, -0.15) is 0 Å². The van der Waals surface area contributed by atoms with Crippen LogP contribution in [-0.2, 0) is 6.42 Å². The summed E-state index contributed by atoms with van der Waals surface area (Å²) >= 11 is 0. The Kier molecular flexibility index (Phi) is 5.17. The molecule has 0 heterocycles. The average Bonchev–Trinajstić information content (AvgIpc) is 2.56. The Labute approximate surface area is 130 Å².